The number of carbonyl (C=O) groups excluding carboxylic acids is 1. The van der Waals surface area contributed by atoms with Crippen LogP contribution >= 0.6 is 0 Å². The van der Waals surface area contributed by atoms with Crippen LogP contribution in [0.1, 0.15) is 12.5 Å². The van der Waals surface area contributed by atoms with Crippen molar-refractivity contribution < 1.29 is 9.18 Å². The molecule has 5 nitrogen and oxygen atoms in total. The molecule has 1 aromatic rings. The highest BCUT2D eigenvalue weighted by Gasteiger charge is 2.29. The third-order valence-corrected chi connectivity index (χ3v) is 3.28. The molecule has 1 aliphatic heterocycles. The molecule has 0 aliphatic carbocycles. The molecule has 0 bridgehead atoms. The summed E-state index contributed by atoms with van der Waals surface area (Å²) in [5.74, 6) is -0.594. The molecule has 0 aromatic heterocycles. The third-order valence-electron chi connectivity index (χ3n) is 3.28. The minimum atomic E-state index is -0.472. The molecule has 2 N–H and O–H groups in total. The minimum absolute atomic E-state index is 0.122. The second-order valence-electron chi connectivity index (χ2n) is 4.59. The van der Waals surface area contributed by atoms with Crippen molar-refractivity contribution >= 4 is 11.6 Å². The van der Waals surface area contributed by atoms with E-state index in [1.54, 1.807) is 17.0 Å². The number of hydrogen-bond donors (Lipinski definition) is 2. The number of nitrogens with zero attached hydrogens (tertiary/aromatic N) is 2. The molecule has 0 saturated carbocycles. The zero-order valence-corrected chi connectivity index (χ0v) is 11.3. The van der Waals surface area contributed by atoms with Gasteiger partial charge in [0.2, 0.25) is 5.91 Å². The van der Waals surface area contributed by atoms with Crippen LogP contribution in [0.2, 0.25) is 0 Å². The number of likely N-dealkylation sites (N-methyl/N-ethyl adjacent to an activating group) is 1. The number of nitriles is 1. The second kappa shape index (κ2) is 6.35. The van der Waals surface area contributed by atoms with Gasteiger partial charge in [-0.2, -0.15) is 5.26 Å². The Kier molecular flexibility index (Phi) is 4.53. The zero-order valence-electron chi connectivity index (χ0n) is 11.3. The van der Waals surface area contributed by atoms with Crippen LogP contribution in [0, 0.1) is 17.1 Å². The predicted octanol–water partition coefficient (Wildman–Crippen LogP) is 0.612. The Morgan fingerprint density at radius 3 is 3.10 bits per heavy atom. The van der Waals surface area contributed by atoms with E-state index < -0.39 is 11.9 Å². The summed E-state index contributed by atoms with van der Waals surface area (Å²) in [5, 5.41) is 14.7. The number of rotatable bonds is 3. The summed E-state index contributed by atoms with van der Waals surface area (Å²) in [6.07, 6.45) is 0. The molecule has 1 heterocycles. The lowest BCUT2D eigenvalue weighted by molar-refractivity contribution is -0.122. The fraction of sp³-hybridized carbons (Fsp3) is 0.429. The van der Waals surface area contributed by atoms with Gasteiger partial charge < -0.3 is 15.5 Å². The van der Waals surface area contributed by atoms with Crippen molar-refractivity contribution in [3.8, 4) is 6.07 Å². The molecular weight excluding hydrogens is 259 g/mol. The average Bonchev–Trinajstić information content (AvgIpc) is 2.47. The van der Waals surface area contributed by atoms with Gasteiger partial charge in [0.15, 0.2) is 0 Å². The molecule has 1 aromatic carbocycles. The largest absolute Gasteiger partial charge is 0.355 e. The summed E-state index contributed by atoms with van der Waals surface area (Å²) < 4.78 is 14.1. The maximum Gasteiger partial charge on any atom is 0.244 e. The second-order valence-corrected chi connectivity index (χ2v) is 4.59. The first kappa shape index (κ1) is 14.3. The highest BCUT2D eigenvalue weighted by atomic mass is 19.1. The molecule has 20 heavy (non-hydrogen) atoms. The number of halogens is 1. The van der Waals surface area contributed by atoms with E-state index in [1.807, 2.05) is 13.0 Å². The SMILES string of the molecule is CCNC(=O)C1CNCCN1c1ccc(C#N)cc1F. The molecular formula is C14H17FN4O. The quantitative estimate of drug-likeness (QED) is 0.849. The molecule has 1 saturated heterocycles. The number of anilines is 1. The molecule has 106 valence electrons. The summed E-state index contributed by atoms with van der Waals surface area (Å²) in [5.41, 5.74) is 0.637. The monoisotopic (exact) mass is 276 g/mol. The summed E-state index contributed by atoms with van der Waals surface area (Å²) in [4.78, 5) is 13.8. The Morgan fingerprint density at radius 1 is 1.65 bits per heavy atom. The molecule has 1 atom stereocenters. The van der Waals surface area contributed by atoms with Crippen LogP contribution in [0.3, 0.4) is 0 Å². The summed E-state index contributed by atoms with van der Waals surface area (Å²) in [6, 6.07) is 5.79. The Morgan fingerprint density at radius 2 is 2.45 bits per heavy atom. The van der Waals surface area contributed by atoms with Gasteiger partial charge in [-0.25, -0.2) is 4.39 Å². The van der Waals surface area contributed by atoms with Gasteiger partial charge in [0.25, 0.3) is 0 Å². The number of nitrogens with one attached hydrogen (secondary N) is 2. The van der Waals surface area contributed by atoms with Crippen LogP contribution in [0.5, 0.6) is 0 Å². The fourth-order valence-electron chi connectivity index (χ4n) is 2.33. The molecule has 0 radical (unpaired) electrons. The first-order chi connectivity index (χ1) is 9.67. The molecule has 2 rings (SSSR count). The van der Waals surface area contributed by atoms with Crippen molar-refractivity contribution in [1.82, 2.24) is 10.6 Å². The van der Waals surface area contributed by atoms with Crippen molar-refractivity contribution in [1.29, 1.82) is 5.26 Å². The number of amides is 1. The van der Waals surface area contributed by atoms with E-state index in [0.717, 1.165) is 0 Å². The van der Waals surface area contributed by atoms with Crippen LogP contribution in [0.25, 0.3) is 0 Å². The molecule has 0 spiro atoms. The van der Waals surface area contributed by atoms with E-state index in [0.29, 0.717) is 31.9 Å². The standard InChI is InChI=1S/C14H17FN4O/c1-2-18-14(20)13-9-17-5-6-19(13)12-4-3-10(8-16)7-11(12)15/h3-4,7,13,17H,2,5-6,9H2,1H3,(H,18,20). The molecule has 1 aliphatic rings. The smallest absolute Gasteiger partial charge is 0.244 e. The van der Waals surface area contributed by atoms with E-state index in [9.17, 15) is 9.18 Å². The fourth-order valence-corrected chi connectivity index (χ4v) is 2.33. The first-order valence-corrected chi connectivity index (χ1v) is 6.62. The lowest BCUT2D eigenvalue weighted by Gasteiger charge is -2.37. The minimum Gasteiger partial charge on any atom is -0.355 e. The third kappa shape index (κ3) is 2.89. The van der Waals surface area contributed by atoms with Crippen LogP contribution in [-0.2, 0) is 4.79 Å². The zero-order chi connectivity index (χ0) is 14.5. The van der Waals surface area contributed by atoms with E-state index in [4.69, 9.17) is 5.26 Å². The first-order valence-electron chi connectivity index (χ1n) is 6.62. The Labute approximate surface area is 117 Å². The molecule has 6 heteroatoms. The highest BCUT2D eigenvalue weighted by Crippen LogP contribution is 2.23. The maximum atomic E-state index is 14.1. The molecule has 1 fully saturated rings. The molecule has 1 amide bonds. The molecule has 1 unspecified atom stereocenters. The lowest BCUT2D eigenvalue weighted by Crippen LogP contribution is -2.58. The van der Waals surface area contributed by atoms with Crippen molar-refractivity contribution in [2.45, 2.75) is 13.0 Å². The lowest BCUT2D eigenvalue weighted by atomic mass is 10.1. The van der Waals surface area contributed by atoms with Gasteiger partial charge in [-0.15, -0.1) is 0 Å². The topological polar surface area (TPSA) is 68.2 Å². The van der Waals surface area contributed by atoms with Gasteiger partial charge in [0.1, 0.15) is 11.9 Å². The van der Waals surface area contributed by atoms with Gasteiger partial charge in [-0.1, -0.05) is 0 Å². The number of piperazine rings is 1. The van der Waals surface area contributed by atoms with Crippen LogP contribution < -0.4 is 15.5 Å². The summed E-state index contributed by atoms with van der Waals surface area (Å²) >= 11 is 0. The van der Waals surface area contributed by atoms with E-state index in [-0.39, 0.29) is 11.5 Å². The normalized spacial score (nSPS) is 18.4. The van der Waals surface area contributed by atoms with E-state index in [2.05, 4.69) is 10.6 Å². The summed E-state index contributed by atoms with van der Waals surface area (Å²) in [6.45, 7) is 4.10. The summed E-state index contributed by atoms with van der Waals surface area (Å²) in [7, 11) is 0. The Bertz CT molecular complexity index is 540. The van der Waals surface area contributed by atoms with Gasteiger partial charge in [-0.3, -0.25) is 4.79 Å². The van der Waals surface area contributed by atoms with Gasteiger partial charge >= 0.3 is 0 Å². The van der Waals surface area contributed by atoms with E-state index in [1.165, 1.54) is 6.07 Å². The number of benzene rings is 1. The van der Waals surface area contributed by atoms with Crippen LogP contribution in [0.4, 0.5) is 10.1 Å². The van der Waals surface area contributed by atoms with Crippen molar-refractivity contribution in [3.63, 3.8) is 0 Å². The van der Waals surface area contributed by atoms with Crippen molar-refractivity contribution in [2.75, 3.05) is 31.1 Å². The van der Waals surface area contributed by atoms with Gasteiger partial charge in [0, 0.05) is 26.2 Å². The predicted molar refractivity (Wildman–Crippen MR) is 73.8 cm³/mol. The Balaban J connectivity index is 2.28. The van der Waals surface area contributed by atoms with E-state index >= 15 is 0 Å². The van der Waals surface area contributed by atoms with Crippen molar-refractivity contribution in [2.24, 2.45) is 0 Å². The average molecular weight is 276 g/mol. The highest BCUT2D eigenvalue weighted by molar-refractivity contribution is 5.85. The van der Waals surface area contributed by atoms with Crippen LogP contribution in [-0.4, -0.2) is 38.1 Å². The van der Waals surface area contributed by atoms with Crippen LogP contribution in [0.15, 0.2) is 18.2 Å². The Hall–Kier alpha value is -2.13. The van der Waals surface area contributed by atoms with Crippen molar-refractivity contribution in [3.05, 3.63) is 29.6 Å². The number of hydrogen-bond acceptors (Lipinski definition) is 4. The van der Waals surface area contributed by atoms with Gasteiger partial charge in [0.05, 0.1) is 17.3 Å². The van der Waals surface area contributed by atoms with Gasteiger partial charge in [-0.05, 0) is 25.1 Å². The maximum absolute atomic E-state index is 14.1. The number of carbonyl (C=O) groups is 1.